The predicted molar refractivity (Wildman–Crippen MR) is 70.6 cm³/mol. The molecular weight excluding hydrogens is 285 g/mol. The van der Waals surface area contributed by atoms with Gasteiger partial charge in [-0.3, -0.25) is 14.5 Å². The van der Waals surface area contributed by atoms with E-state index in [2.05, 4.69) is 5.32 Å². The summed E-state index contributed by atoms with van der Waals surface area (Å²) < 4.78 is 38.3. The number of alkyl halides is 3. The van der Waals surface area contributed by atoms with E-state index in [4.69, 9.17) is 0 Å². The predicted octanol–water partition coefficient (Wildman–Crippen LogP) is 2.19. The lowest BCUT2D eigenvalue weighted by Crippen LogP contribution is -2.60. The number of halogens is 3. The number of hydrogen-bond donors (Lipinski definition) is 1. The van der Waals surface area contributed by atoms with Gasteiger partial charge in [0.25, 0.3) is 0 Å². The summed E-state index contributed by atoms with van der Waals surface area (Å²) in [5, 5.41) is 2.46. The third kappa shape index (κ3) is 3.01. The number of anilines is 1. The molecule has 0 radical (unpaired) electrons. The molecule has 1 aromatic rings. The van der Waals surface area contributed by atoms with E-state index in [1.807, 2.05) is 0 Å². The van der Waals surface area contributed by atoms with Crippen molar-refractivity contribution < 1.29 is 22.8 Å². The number of hydrogen-bond acceptors (Lipinski definition) is 2. The second-order valence-corrected chi connectivity index (χ2v) is 5.22. The van der Waals surface area contributed by atoms with Crippen molar-refractivity contribution in [2.24, 2.45) is 5.92 Å². The molecule has 1 N–H and O–H groups in total. The van der Waals surface area contributed by atoms with Crippen molar-refractivity contribution in [1.29, 1.82) is 0 Å². The lowest BCUT2D eigenvalue weighted by Gasteiger charge is -2.37. The molecule has 1 saturated heterocycles. The molecule has 114 valence electrons. The number of amides is 2. The van der Waals surface area contributed by atoms with Crippen LogP contribution in [0.5, 0.6) is 0 Å². The van der Waals surface area contributed by atoms with Gasteiger partial charge >= 0.3 is 6.18 Å². The Morgan fingerprint density at radius 2 is 1.95 bits per heavy atom. The van der Waals surface area contributed by atoms with Gasteiger partial charge in [0.05, 0.1) is 12.1 Å². The molecule has 1 fully saturated rings. The second kappa shape index (κ2) is 5.38. The zero-order chi connectivity index (χ0) is 15.8. The Morgan fingerprint density at radius 3 is 2.52 bits per heavy atom. The number of rotatable bonds is 2. The smallest absolute Gasteiger partial charge is 0.345 e. The molecule has 0 aromatic heterocycles. The molecule has 1 aliphatic heterocycles. The normalized spacial score (nSPS) is 19.9. The molecule has 7 heteroatoms. The fourth-order valence-electron chi connectivity index (χ4n) is 2.36. The maximum Gasteiger partial charge on any atom is 0.416 e. The monoisotopic (exact) mass is 300 g/mol. The Labute approximate surface area is 119 Å². The van der Waals surface area contributed by atoms with Crippen molar-refractivity contribution in [1.82, 2.24) is 5.32 Å². The van der Waals surface area contributed by atoms with Crippen molar-refractivity contribution in [3.05, 3.63) is 29.8 Å². The van der Waals surface area contributed by atoms with E-state index in [1.165, 1.54) is 12.1 Å². The second-order valence-electron chi connectivity index (χ2n) is 5.22. The average molecular weight is 300 g/mol. The molecule has 21 heavy (non-hydrogen) atoms. The van der Waals surface area contributed by atoms with Gasteiger partial charge in [0, 0.05) is 5.69 Å². The number of piperazine rings is 1. The van der Waals surface area contributed by atoms with Gasteiger partial charge in [-0.25, -0.2) is 0 Å². The molecule has 1 aliphatic rings. The van der Waals surface area contributed by atoms with Gasteiger partial charge in [-0.1, -0.05) is 19.9 Å². The van der Waals surface area contributed by atoms with Crippen molar-refractivity contribution in [3.63, 3.8) is 0 Å². The van der Waals surface area contributed by atoms with E-state index < -0.39 is 23.7 Å². The molecule has 0 aliphatic carbocycles. The minimum Gasteiger partial charge on any atom is -0.345 e. The first-order valence-corrected chi connectivity index (χ1v) is 6.49. The summed E-state index contributed by atoms with van der Waals surface area (Å²) in [5.74, 6) is -1.00. The summed E-state index contributed by atoms with van der Waals surface area (Å²) in [7, 11) is 0. The highest BCUT2D eigenvalue weighted by atomic mass is 19.4. The van der Waals surface area contributed by atoms with E-state index in [0.717, 1.165) is 17.0 Å². The Morgan fingerprint density at radius 1 is 1.29 bits per heavy atom. The first-order chi connectivity index (χ1) is 9.71. The van der Waals surface area contributed by atoms with Crippen molar-refractivity contribution in [2.45, 2.75) is 26.1 Å². The first-order valence-electron chi connectivity index (χ1n) is 6.49. The maximum absolute atomic E-state index is 12.8. The molecule has 1 aromatic carbocycles. The van der Waals surface area contributed by atoms with Gasteiger partial charge in [0.1, 0.15) is 6.04 Å². The molecule has 4 nitrogen and oxygen atoms in total. The van der Waals surface area contributed by atoms with Crippen LogP contribution >= 0.6 is 0 Å². The molecule has 1 heterocycles. The molecule has 0 bridgehead atoms. The van der Waals surface area contributed by atoms with Crippen molar-refractivity contribution in [2.75, 3.05) is 11.4 Å². The molecular formula is C14H15F3N2O2. The third-order valence-corrected chi connectivity index (χ3v) is 3.31. The van der Waals surface area contributed by atoms with Crippen LogP contribution in [0.4, 0.5) is 18.9 Å². The quantitative estimate of drug-likeness (QED) is 0.910. The van der Waals surface area contributed by atoms with Gasteiger partial charge in [0.15, 0.2) is 0 Å². The van der Waals surface area contributed by atoms with Crippen LogP contribution in [0.1, 0.15) is 19.4 Å². The fraction of sp³-hybridized carbons (Fsp3) is 0.429. The first kappa shape index (κ1) is 15.3. The molecule has 1 unspecified atom stereocenters. The summed E-state index contributed by atoms with van der Waals surface area (Å²) in [4.78, 5) is 25.1. The van der Waals surface area contributed by atoms with Gasteiger partial charge in [-0.15, -0.1) is 0 Å². The van der Waals surface area contributed by atoms with Crippen LogP contribution in [0.25, 0.3) is 0 Å². The minimum absolute atomic E-state index is 0.0865. The van der Waals surface area contributed by atoms with Crippen LogP contribution < -0.4 is 10.2 Å². The van der Waals surface area contributed by atoms with Crippen LogP contribution in [0.15, 0.2) is 24.3 Å². The third-order valence-electron chi connectivity index (χ3n) is 3.31. The fourth-order valence-corrected chi connectivity index (χ4v) is 2.36. The number of carbonyl (C=O) groups is 2. The minimum atomic E-state index is -4.50. The van der Waals surface area contributed by atoms with E-state index in [9.17, 15) is 22.8 Å². The zero-order valence-electron chi connectivity index (χ0n) is 11.6. The highest BCUT2D eigenvalue weighted by Gasteiger charge is 2.38. The van der Waals surface area contributed by atoms with Crippen molar-refractivity contribution in [3.8, 4) is 0 Å². The van der Waals surface area contributed by atoms with Crippen LogP contribution in [0.3, 0.4) is 0 Å². The molecule has 1 atom stereocenters. The number of benzene rings is 1. The molecule has 2 rings (SSSR count). The summed E-state index contributed by atoms with van der Waals surface area (Å²) in [6, 6.07) is 3.65. The van der Waals surface area contributed by atoms with Crippen LogP contribution in [0.2, 0.25) is 0 Å². The molecule has 0 saturated carbocycles. The number of carbonyl (C=O) groups excluding carboxylic acids is 2. The lowest BCUT2D eigenvalue weighted by molar-refractivity contribution is -0.137. The summed E-state index contributed by atoms with van der Waals surface area (Å²) in [5.41, 5.74) is -0.760. The zero-order valence-corrected chi connectivity index (χ0v) is 11.6. The van der Waals surface area contributed by atoms with E-state index in [-0.39, 0.29) is 24.1 Å². The van der Waals surface area contributed by atoms with Crippen molar-refractivity contribution >= 4 is 17.5 Å². The highest BCUT2D eigenvalue weighted by molar-refractivity contribution is 6.06. The van der Waals surface area contributed by atoms with Crippen LogP contribution in [-0.2, 0) is 15.8 Å². The number of nitrogens with zero attached hydrogens (tertiary/aromatic N) is 1. The maximum atomic E-state index is 12.8. The standard InChI is InChI=1S/C14H15F3N2O2/c1-8(2)12-13(21)18-7-11(20)19(12)10-5-3-4-9(6-10)14(15,16)17/h3-6,8,12H,7H2,1-2H3,(H,18,21). The Balaban J connectivity index is 2.46. The molecule has 0 spiro atoms. The Hall–Kier alpha value is -2.05. The van der Waals surface area contributed by atoms with E-state index in [0.29, 0.717) is 0 Å². The summed E-state index contributed by atoms with van der Waals surface area (Å²) in [6.45, 7) is 3.27. The Bertz CT molecular complexity index is 570. The van der Waals surface area contributed by atoms with Gasteiger partial charge in [-0.2, -0.15) is 13.2 Å². The van der Waals surface area contributed by atoms with Gasteiger partial charge in [0.2, 0.25) is 11.8 Å². The van der Waals surface area contributed by atoms with Crippen LogP contribution in [0, 0.1) is 5.92 Å². The topological polar surface area (TPSA) is 49.4 Å². The highest BCUT2D eigenvalue weighted by Crippen LogP contribution is 2.33. The SMILES string of the molecule is CC(C)C1C(=O)NCC(=O)N1c1cccc(C(F)(F)F)c1. The number of nitrogens with one attached hydrogen (secondary N) is 1. The average Bonchev–Trinajstić information content (AvgIpc) is 2.40. The largest absolute Gasteiger partial charge is 0.416 e. The van der Waals surface area contributed by atoms with E-state index in [1.54, 1.807) is 13.8 Å². The van der Waals surface area contributed by atoms with E-state index >= 15 is 0 Å². The van der Waals surface area contributed by atoms with Gasteiger partial charge < -0.3 is 5.32 Å². The van der Waals surface area contributed by atoms with Crippen LogP contribution in [-0.4, -0.2) is 24.4 Å². The summed E-state index contributed by atoms with van der Waals surface area (Å²) in [6.07, 6.45) is -4.50. The van der Waals surface area contributed by atoms with Gasteiger partial charge in [-0.05, 0) is 24.1 Å². The lowest BCUT2D eigenvalue weighted by atomic mass is 9.98. The summed E-state index contributed by atoms with van der Waals surface area (Å²) >= 11 is 0. The Kier molecular flexibility index (Phi) is 3.93. The molecule has 2 amide bonds.